The predicted octanol–water partition coefficient (Wildman–Crippen LogP) is 2.38. The van der Waals surface area contributed by atoms with Crippen molar-refractivity contribution in [2.24, 2.45) is 0 Å². The van der Waals surface area contributed by atoms with E-state index >= 15 is 0 Å². The van der Waals surface area contributed by atoms with Crippen LogP contribution in [0.5, 0.6) is 0 Å². The molecule has 0 amide bonds. The minimum Gasteiger partial charge on any atom is -0.379 e. The van der Waals surface area contributed by atoms with Crippen LogP contribution in [0.2, 0.25) is 10.3 Å². The molecule has 1 aromatic rings. The largest absolute Gasteiger partial charge is 0.418 e. The van der Waals surface area contributed by atoms with Crippen LogP contribution >= 0.6 is 23.2 Å². The van der Waals surface area contributed by atoms with Gasteiger partial charge in [0.1, 0.15) is 16.6 Å². The second-order valence-electron chi connectivity index (χ2n) is 2.31. The van der Waals surface area contributed by atoms with Gasteiger partial charge in [-0.05, 0) is 0 Å². The van der Waals surface area contributed by atoms with E-state index in [0.717, 1.165) is 6.33 Å². The van der Waals surface area contributed by atoms with Gasteiger partial charge in [-0.1, -0.05) is 23.2 Å². The molecule has 78 valence electrons. The Morgan fingerprint density at radius 1 is 1.21 bits per heavy atom. The number of hydrogen-bond acceptors (Lipinski definition) is 3. The third kappa shape index (κ3) is 2.26. The van der Waals surface area contributed by atoms with Gasteiger partial charge in [-0.25, -0.2) is 9.97 Å². The Kier molecular flexibility index (Phi) is 3.18. The molecule has 0 aliphatic carbocycles. The molecule has 0 aliphatic rings. The minimum absolute atomic E-state index is 0.519. The van der Waals surface area contributed by atoms with Gasteiger partial charge in [0.2, 0.25) is 0 Å². The summed E-state index contributed by atoms with van der Waals surface area (Å²) in [7, 11) is 0. The zero-order valence-corrected chi connectivity index (χ0v) is 7.90. The van der Waals surface area contributed by atoms with E-state index in [-0.39, 0.29) is 0 Å². The van der Waals surface area contributed by atoms with Crippen LogP contribution < -0.4 is 0 Å². The van der Waals surface area contributed by atoms with E-state index in [0.29, 0.717) is 0 Å². The summed E-state index contributed by atoms with van der Waals surface area (Å²) in [6.07, 6.45) is -6.72. The Morgan fingerprint density at radius 2 is 1.64 bits per heavy atom. The molecule has 0 unspecified atom stereocenters. The first kappa shape index (κ1) is 11.5. The molecule has 0 radical (unpaired) electrons. The average molecular weight is 247 g/mol. The molecule has 0 aliphatic heterocycles. The lowest BCUT2D eigenvalue weighted by Gasteiger charge is -2.15. The summed E-state index contributed by atoms with van der Waals surface area (Å²) in [6, 6.07) is 0. The van der Waals surface area contributed by atoms with Gasteiger partial charge >= 0.3 is 6.18 Å². The summed E-state index contributed by atoms with van der Waals surface area (Å²) in [5.41, 5.74) is -0.733. The third-order valence-electron chi connectivity index (χ3n) is 1.37. The fraction of sp³-hybridized carbons (Fsp3) is 0.333. The summed E-state index contributed by atoms with van der Waals surface area (Å²) >= 11 is 10.7. The number of halogens is 5. The van der Waals surface area contributed by atoms with Crippen LogP contribution in [0, 0.1) is 0 Å². The second-order valence-corrected chi connectivity index (χ2v) is 3.03. The average Bonchev–Trinajstić information content (AvgIpc) is 2.01. The second kappa shape index (κ2) is 3.88. The van der Waals surface area contributed by atoms with Crippen LogP contribution in [-0.2, 0) is 0 Å². The SMILES string of the molecule is O[C@@H](c1c(Cl)ncnc1Cl)C(F)(F)F. The summed E-state index contributed by atoms with van der Waals surface area (Å²) in [6.45, 7) is 0. The number of aliphatic hydroxyl groups is 1. The van der Waals surface area contributed by atoms with E-state index in [4.69, 9.17) is 28.3 Å². The number of alkyl halides is 3. The molecule has 0 spiro atoms. The van der Waals surface area contributed by atoms with Crippen LogP contribution in [0.25, 0.3) is 0 Å². The molecule has 3 nitrogen and oxygen atoms in total. The van der Waals surface area contributed by atoms with Gasteiger partial charge in [0.15, 0.2) is 6.10 Å². The fourth-order valence-electron chi connectivity index (χ4n) is 0.744. The predicted molar refractivity (Wildman–Crippen MR) is 43.1 cm³/mol. The highest BCUT2D eigenvalue weighted by atomic mass is 35.5. The maximum absolute atomic E-state index is 12.1. The van der Waals surface area contributed by atoms with Crippen LogP contribution in [0.1, 0.15) is 11.7 Å². The Labute approximate surface area is 86.5 Å². The highest BCUT2D eigenvalue weighted by Crippen LogP contribution is 2.37. The van der Waals surface area contributed by atoms with E-state index in [9.17, 15) is 13.2 Å². The lowest BCUT2D eigenvalue weighted by atomic mass is 10.2. The van der Waals surface area contributed by atoms with Crippen LogP contribution in [0.15, 0.2) is 6.33 Å². The quantitative estimate of drug-likeness (QED) is 0.775. The molecule has 1 N–H and O–H groups in total. The highest BCUT2D eigenvalue weighted by molar-refractivity contribution is 6.34. The fourth-order valence-corrected chi connectivity index (χ4v) is 1.27. The number of nitrogens with zero attached hydrogens (tertiary/aromatic N) is 2. The summed E-state index contributed by atoms with van der Waals surface area (Å²) < 4.78 is 36.2. The first-order valence-electron chi connectivity index (χ1n) is 3.24. The smallest absolute Gasteiger partial charge is 0.379 e. The number of aromatic nitrogens is 2. The third-order valence-corrected chi connectivity index (χ3v) is 1.97. The normalized spacial score (nSPS) is 14.1. The molecule has 0 fully saturated rings. The molecule has 1 rings (SSSR count). The molecule has 1 heterocycles. The van der Waals surface area contributed by atoms with Crippen molar-refractivity contribution in [1.82, 2.24) is 9.97 Å². The number of hydrogen-bond donors (Lipinski definition) is 1. The van der Waals surface area contributed by atoms with Crippen molar-refractivity contribution in [3.05, 3.63) is 22.2 Å². The standard InChI is InChI=1S/C6H3Cl2F3N2O/c7-4-2(3(14)6(9,10)11)5(8)13-1-12-4/h1,3,14H/t3-/m0/s1. The summed E-state index contributed by atoms with van der Waals surface area (Å²) in [5.74, 6) is 0. The van der Waals surface area contributed by atoms with E-state index in [2.05, 4.69) is 9.97 Å². The van der Waals surface area contributed by atoms with Gasteiger partial charge in [-0.2, -0.15) is 13.2 Å². The first-order valence-corrected chi connectivity index (χ1v) is 4.00. The lowest BCUT2D eigenvalue weighted by Crippen LogP contribution is -2.21. The molecule has 8 heteroatoms. The highest BCUT2D eigenvalue weighted by Gasteiger charge is 2.42. The van der Waals surface area contributed by atoms with Crippen LogP contribution in [0.4, 0.5) is 13.2 Å². The van der Waals surface area contributed by atoms with Gasteiger partial charge in [-0.3, -0.25) is 0 Å². The van der Waals surface area contributed by atoms with Crippen molar-refractivity contribution in [3.63, 3.8) is 0 Å². The zero-order chi connectivity index (χ0) is 10.9. The molecule has 0 saturated carbocycles. The minimum atomic E-state index is -4.85. The summed E-state index contributed by atoms with van der Waals surface area (Å²) in [5, 5.41) is 7.81. The van der Waals surface area contributed by atoms with E-state index in [1.165, 1.54) is 0 Å². The van der Waals surface area contributed by atoms with E-state index in [1.54, 1.807) is 0 Å². The van der Waals surface area contributed by atoms with Gasteiger partial charge in [-0.15, -0.1) is 0 Å². The molecular formula is C6H3Cl2F3N2O. The van der Waals surface area contributed by atoms with Crippen molar-refractivity contribution < 1.29 is 18.3 Å². The van der Waals surface area contributed by atoms with Crippen molar-refractivity contribution in [2.75, 3.05) is 0 Å². The van der Waals surface area contributed by atoms with Crippen molar-refractivity contribution in [3.8, 4) is 0 Å². The molecule has 0 bridgehead atoms. The van der Waals surface area contributed by atoms with Crippen molar-refractivity contribution in [1.29, 1.82) is 0 Å². The Hall–Kier alpha value is -0.590. The molecule has 1 atom stereocenters. The Morgan fingerprint density at radius 3 is 2.00 bits per heavy atom. The number of aliphatic hydroxyl groups excluding tert-OH is 1. The van der Waals surface area contributed by atoms with Crippen molar-refractivity contribution >= 4 is 23.2 Å². The maximum Gasteiger partial charge on any atom is 0.418 e. The van der Waals surface area contributed by atoms with Crippen LogP contribution in [-0.4, -0.2) is 21.3 Å². The number of rotatable bonds is 1. The lowest BCUT2D eigenvalue weighted by molar-refractivity contribution is -0.206. The monoisotopic (exact) mass is 246 g/mol. The Bertz CT molecular complexity index is 324. The van der Waals surface area contributed by atoms with Gasteiger partial charge < -0.3 is 5.11 Å². The van der Waals surface area contributed by atoms with E-state index < -0.39 is 28.1 Å². The molecule has 1 aromatic heterocycles. The zero-order valence-electron chi connectivity index (χ0n) is 6.39. The van der Waals surface area contributed by atoms with E-state index in [1.807, 2.05) is 0 Å². The molecular weight excluding hydrogens is 244 g/mol. The summed E-state index contributed by atoms with van der Waals surface area (Å²) in [4.78, 5) is 6.57. The van der Waals surface area contributed by atoms with Crippen LogP contribution in [0.3, 0.4) is 0 Å². The van der Waals surface area contributed by atoms with Crippen molar-refractivity contribution in [2.45, 2.75) is 12.3 Å². The first-order chi connectivity index (χ1) is 6.34. The van der Waals surface area contributed by atoms with Gasteiger partial charge in [0.05, 0.1) is 5.56 Å². The van der Waals surface area contributed by atoms with Gasteiger partial charge in [0, 0.05) is 0 Å². The molecule has 0 aromatic carbocycles. The molecule has 14 heavy (non-hydrogen) atoms. The maximum atomic E-state index is 12.1. The Balaban J connectivity index is 3.19. The molecule has 0 saturated heterocycles. The topological polar surface area (TPSA) is 46.0 Å². The van der Waals surface area contributed by atoms with Gasteiger partial charge in [0.25, 0.3) is 0 Å².